The molecule has 6 heteroatoms. The third-order valence-corrected chi connectivity index (χ3v) is 4.66. The largest absolute Gasteiger partial charge is 0.481 e. The van der Waals surface area contributed by atoms with E-state index < -0.39 is 0 Å². The van der Waals surface area contributed by atoms with Crippen molar-refractivity contribution in [3.63, 3.8) is 0 Å². The molecule has 138 valence electrons. The zero-order valence-corrected chi connectivity index (χ0v) is 15.3. The summed E-state index contributed by atoms with van der Waals surface area (Å²) in [5.74, 6) is 1.17. The Morgan fingerprint density at radius 3 is 2.73 bits per heavy atom. The van der Waals surface area contributed by atoms with Gasteiger partial charge in [0.15, 0.2) is 5.96 Å². The normalized spacial score (nSPS) is 15.4. The monoisotopic (exact) mass is 356 g/mol. The van der Waals surface area contributed by atoms with Crippen molar-refractivity contribution in [3.05, 3.63) is 59.5 Å². The van der Waals surface area contributed by atoms with E-state index in [0.717, 1.165) is 43.0 Å². The van der Waals surface area contributed by atoms with Gasteiger partial charge >= 0.3 is 0 Å². The zero-order chi connectivity index (χ0) is 18.4. The molecule has 2 aromatic rings. The lowest BCUT2D eigenvalue weighted by molar-refractivity contribution is 0.397. The van der Waals surface area contributed by atoms with Gasteiger partial charge < -0.3 is 15.4 Å². The van der Waals surface area contributed by atoms with Crippen LogP contribution in [0.1, 0.15) is 30.9 Å². The molecule has 0 saturated heterocycles. The van der Waals surface area contributed by atoms with E-state index >= 15 is 0 Å². The Morgan fingerprint density at radius 1 is 1.27 bits per heavy atom. The predicted molar refractivity (Wildman–Crippen MR) is 101 cm³/mol. The second-order valence-electron chi connectivity index (χ2n) is 6.55. The highest BCUT2D eigenvalue weighted by atomic mass is 19.1. The Morgan fingerprint density at radius 2 is 2.12 bits per heavy atom. The first-order valence-corrected chi connectivity index (χ1v) is 8.92. The van der Waals surface area contributed by atoms with Gasteiger partial charge in [-0.05, 0) is 43.0 Å². The van der Waals surface area contributed by atoms with Crippen LogP contribution in [-0.2, 0) is 12.0 Å². The minimum absolute atomic E-state index is 0.0138. The van der Waals surface area contributed by atoms with Gasteiger partial charge in [0.2, 0.25) is 5.88 Å². The molecule has 3 rings (SSSR count). The topological polar surface area (TPSA) is 58.5 Å². The third-order valence-electron chi connectivity index (χ3n) is 4.66. The van der Waals surface area contributed by atoms with E-state index in [1.54, 1.807) is 25.4 Å². The number of halogens is 1. The van der Waals surface area contributed by atoms with Gasteiger partial charge in [0, 0.05) is 30.8 Å². The molecule has 0 unspecified atom stereocenters. The number of aromatic nitrogens is 1. The van der Waals surface area contributed by atoms with Gasteiger partial charge in [0.1, 0.15) is 5.82 Å². The molecule has 2 N–H and O–H groups in total. The van der Waals surface area contributed by atoms with E-state index in [4.69, 9.17) is 4.74 Å². The number of rotatable bonds is 7. The molecule has 1 fully saturated rings. The molecular weight excluding hydrogens is 331 g/mol. The summed E-state index contributed by atoms with van der Waals surface area (Å²) in [6.45, 7) is 4.08. The van der Waals surface area contributed by atoms with E-state index in [-0.39, 0.29) is 11.2 Å². The van der Waals surface area contributed by atoms with E-state index in [9.17, 15) is 4.39 Å². The summed E-state index contributed by atoms with van der Waals surface area (Å²) in [6.07, 6.45) is 3.89. The number of pyridine rings is 1. The van der Waals surface area contributed by atoms with Crippen LogP contribution in [0.4, 0.5) is 4.39 Å². The van der Waals surface area contributed by atoms with Gasteiger partial charge in [-0.25, -0.2) is 14.4 Å². The summed E-state index contributed by atoms with van der Waals surface area (Å²) in [6, 6.07) is 10.7. The highest BCUT2D eigenvalue weighted by Crippen LogP contribution is 2.47. The number of nitrogens with one attached hydrogen (secondary N) is 2. The highest BCUT2D eigenvalue weighted by molar-refractivity contribution is 5.80. The number of nitrogens with zero attached hydrogens (tertiary/aromatic N) is 2. The van der Waals surface area contributed by atoms with Crippen molar-refractivity contribution in [2.75, 3.05) is 20.2 Å². The highest BCUT2D eigenvalue weighted by Gasteiger charge is 2.44. The SMILES string of the molecule is CCNC(=NCc1ccc(OC)nc1)NCC1(c2cccc(F)c2)CC1. The standard InChI is InChI=1S/C20H25FN4O/c1-3-22-19(24-13-15-7-8-18(26-2)23-12-15)25-14-20(9-10-20)16-5-4-6-17(21)11-16/h4-8,11-12H,3,9-10,13-14H2,1-2H3,(H2,22,24,25). The summed E-state index contributed by atoms with van der Waals surface area (Å²) in [7, 11) is 1.60. The van der Waals surface area contributed by atoms with E-state index in [1.807, 2.05) is 25.1 Å². The summed E-state index contributed by atoms with van der Waals surface area (Å²) in [5, 5.41) is 6.66. The Bertz CT molecular complexity index is 757. The molecule has 0 radical (unpaired) electrons. The molecule has 0 aliphatic heterocycles. The number of hydrogen-bond acceptors (Lipinski definition) is 3. The van der Waals surface area contributed by atoms with E-state index in [0.29, 0.717) is 12.4 Å². The fourth-order valence-electron chi connectivity index (χ4n) is 2.93. The van der Waals surface area contributed by atoms with Crippen LogP contribution in [-0.4, -0.2) is 31.1 Å². The molecule has 1 aliphatic carbocycles. The van der Waals surface area contributed by atoms with Crippen LogP contribution in [0, 0.1) is 5.82 Å². The minimum atomic E-state index is -0.179. The maximum atomic E-state index is 13.5. The van der Waals surface area contributed by atoms with Gasteiger partial charge in [-0.2, -0.15) is 0 Å². The molecule has 0 amide bonds. The summed E-state index contributed by atoms with van der Waals surface area (Å²) < 4.78 is 18.6. The van der Waals surface area contributed by atoms with Crippen LogP contribution in [0.25, 0.3) is 0 Å². The minimum Gasteiger partial charge on any atom is -0.481 e. The molecular formula is C20H25FN4O. The van der Waals surface area contributed by atoms with E-state index in [2.05, 4.69) is 20.6 Å². The first-order valence-electron chi connectivity index (χ1n) is 8.92. The van der Waals surface area contributed by atoms with E-state index in [1.165, 1.54) is 6.07 Å². The number of ether oxygens (including phenoxy) is 1. The van der Waals surface area contributed by atoms with Crippen LogP contribution in [0.5, 0.6) is 5.88 Å². The smallest absolute Gasteiger partial charge is 0.212 e. The molecule has 1 heterocycles. The first-order chi connectivity index (χ1) is 12.6. The molecule has 26 heavy (non-hydrogen) atoms. The molecule has 1 aromatic heterocycles. The summed E-state index contributed by atoms with van der Waals surface area (Å²) in [4.78, 5) is 8.82. The zero-order valence-electron chi connectivity index (χ0n) is 15.3. The van der Waals surface area contributed by atoms with Crippen molar-refractivity contribution in [3.8, 4) is 5.88 Å². The van der Waals surface area contributed by atoms with Crippen molar-refractivity contribution in [2.45, 2.75) is 31.7 Å². The van der Waals surface area contributed by atoms with Crippen molar-refractivity contribution < 1.29 is 9.13 Å². The first kappa shape index (κ1) is 18.2. The number of guanidine groups is 1. The van der Waals surface area contributed by atoms with Crippen LogP contribution >= 0.6 is 0 Å². The van der Waals surface area contributed by atoms with Crippen molar-refractivity contribution in [2.24, 2.45) is 4.99 Å². The predicted octanol–water partition coefficient (Wildman–Crippen LogP) is 3.02. The Labute approximate surface area is 153 Å². The van der Waals surface area contributed by atoms with Crippen LogP contribution < -0.4 is 15.4 Å². The number of benzene rings is 1. The molecule has 0 bridgehead atoms. The van der Waals surface area contributed by atoms with Crippen LogP contribution in [0.2, 0.25) is 0 Å². The Hall–Kier alpha value is -2.63. The molecule has 0 atom stereocenters. The van der Waals surface area contributed by atoms with Gasteiger partial charge in [-0.15, -0.1) is 0 Å². The summed E-state index contributed by atoms with van der Waals surface area (Å²) >= 11 is 0. The average molecular weight is 356 g/mol. The second kappa shape index (κ2) is 8.17. The number of methoxy groups -OCH3 is 1. The van der Waals surface area contributed by atoms with Crippen molar-refractivity contribution >= 4 is 5.96 Å². The Balaban J connectivity index is 1.62. The molecule has 1 aliphatic rings. The van der Waals surface area contributed by atoms with Crippen LogP contribution in [0.3, 0.4) is 0 Å². The average Bonchev–Trinajstić information content (AvgIpc) is 3.46. The molecule has 0 spiro atoms. The quantitative estimate of drug-likeness (QED) is 0.591. The maximum Gasteiger partial charge on any atom is 0.212 e. The number of aliphatic imine (C=N–C) groups is 1. The van der Waals surface area contributed by atoms with Gasteiger partial charge in [-0.3, -0.25) is 0 Å². The van der Waals surface area contributed by atoms with Crippen LogP contribution in [0.15, 0.2) is 47.6 Å². The lowest BCUT2D eigenvalue weighted by Gasteiger charge is -2.19. The lowest BCUT2D eigenvalue weighted by atomic mass is 9.96. The fourth-order valence-corrected chi connectivity index (χ4v) is 2.93. The molecule has 1 saturated carbocycles. The molecule has 5 nitrogen and oxygen atoms in total. The lowest BCUT2D eigenvalue weighted by Crippen LogP contribution is -2.41. The Kier molecular flexibility index (Phi) is 5.71. The second-order valence-corrected chi connectivity index (χ2v) is 6.55. The fraction of sp³-hybridized carbons (Fsp3) is 0.400. The van der Waals surface area contributed by atoms with Crippen molar-refractivity contribution in [1.82, 2.24) is 15.6 Å². The van der Waals surface area contributed by atoms with Gasteiger partial charge in [0.25, 0.3) is 0 Å². The van der Waals surface area contributed by atoms with Crippen molar-refractivity contribution in [1.29, 1.82) is 0 Å². The third kappa shape index (κ3) is 4.50. The number of hydrogen-bond donors (Lipinski definition) is 2. The summed E-state index contributed by atoms with van der Waals surface area (Å²) in [5.41, 5.74) is 2.08. The molecule has 1 aromatic carbocycles. The van der Waals surface area contributed by atoms with Gasteiger partial charge in [-0.1, -0.05) is 18.2 Å². The van der Waals surface area contributed by atoms with Gasteiger partial charge in [0.05, 0.1) is 13.7 Å². The maximum absolute atomic E-state index is 13.5.